The monoisotopic (exact) mass is 435 g/mol. The number of alkyl halides is 3. The van der Waals surface area contributed by atoms with Crippen molar-refractivity contribution in [2.24, 2.45) is 11.4 Å². The van der Waals surface area contributed by atoms with Crippen LogP contribution in [0.25, 0.3) is 27.8 Å². The van der Waals surface area contributed by atoms with Crippen molar-refractivity contribution in [1.29, 1.82) is 0 Å². The number of amides is 1. The van der Waals surface area contributed by atoms with Gasteiger partial charge in [-0.05, 0) is 42.5 Å². The van der Waals surface area contributed by atoms with Gasteiger partial charge < -0.3 is 0 Å². The summed E-state index contributed by atoms with van der Waals surface area (Å²) in [4.78, 5) is 12.4. The van der Waals surface area contributed by atoms with Gasteiger partial charge >= 0.3 is 6.18 Å². The highest BCUT2D eigenvalue weighted by Gasteiger charge is 2.30. The van der Waals surface area contributed by atoms with E-state index in [0.717, 1.165) is 12.1 Å². The van der Waals surface area contributed by atoms with Crippen molar-refractivity contribution in [2.75, 3.05) is 12.5 Å². The zero-order valence-electron chi connectivity index (χ0n) is 16.1. The Labute approximate surface area is 169 Å². The van der Waals surface area contributed by atoms with Crippen LogP contribution in [-0.4, -0.2) is 42.2 Å². The van der Waals surface area contributed by atoms with Gasteiger partial charge in [-0.2, -0.15) is 17.5 Å². The predicted octanol–water partition coefficient (Wildman–Crippen LogP) is 3.80. The highest BCUT2D eigenvalue weighted by atomic mass is 32.2. The molecular formula is C19H16F3N5O2S. The molecule has 0 aliphatic heterocycles. The number of aromatic nitrogens is 4. The molecule has 0 aliphatic rings. The fourth-order valence-corrected chi connectivity index (χ4v) is 3.76. The zero-order valence-corrected chi connectivity index (χ0v) is 17.0. The molecule has 0 bridgehead atoms. The van der Waals surface area contributed by atoms with Gasteiger partial charge in [0.2, 0.25) is 0 Å². The van der Waals surface area contributed by atoms with Crippen molar-refractivity contribution in [1.82, 2.24) is 19.6 Å². The van der Waals surface area contributed by atoms with E-state index in [1.54, 1.807) is 23.7 Å². The molecule has 0 unspecified atom stereocenters. The molecule has 2 aromatic heterocycles. The Morgan fingerprint density at radius 2 is 1.77 bits per heavy atom. The Hall–Kier alpha value is -3.21. The van der Waals surface area contributed by atoms with E-state index in [9.17, 15) is 22.2 Å². The quantitative estimate of drug-likeness (QED) is 0.480. The fraction of sp³-hybridized carbons (Fsp3) is 0.211. The Morgan fingerprint density at radius 1 is 1.10 bits per heavy atom. The Morgan fingerprint density at radius 3 is 2.37 bits per heavy atom. The first-order valence-corrected chi connectivity index (χ1v) is 11.0. The van der Waals surface area contributed by atoms with E-state index in [-0.39, 0.29) is 5.56 Å². The lowest BCUT2D eigenvalue weighted by molar-refractivity contribution is -0.137. The topological polar surface area (TPSA) is 82.1 Å². The summed E-state index contributed by atoms with van der Waals surface area (Å²) < 4.78 is 57.6. The summed E-state index contributed by atoms with van der Waals surface area (Å²) >= 11 is 0. The minimum Gasteiger partial charge on any atom is -0.293 e. The lowest BCUT2D eigenvalue weighted by Gasteiger charge is -2.10. The first-order chi connectivity index (χ1) is 14.0. The van der Waals surface area contributed by atoms with Crippen molar-refractivity contribution < 1.29 is 22.2 Å². The minimum atomic E-state index is -4.43. The highest BCUT2D eigenvalue weighted by molar-refractivity contribution is 7.92. The van der Waals surface area contributed by atoms with Crippen molar-refractivity contribution in [3.05, 3.63) is 53.6 Å². The molecule has 11 heteroatoms. The maximum absolute atomic E-state index is 12.9. The summed E-state index contributed by atoms with van der Waals surface area (Å²) in [5.74, 6) is -0.619. The lowest BCUT2D eigenvalue weighted by Crippen LogP contribution is -2.06. The number of halogens is 3. The van der Waals surface area contributed by atoms with Crippen LogP contribution in [0.3, 0.4) is 0 Å². The number of hydrogen-bond donors (Lipinski definition) is 0. The van der Waals surface area contributed by atoms with Gasteiger partial charge in [0.15, 0.2) is 5.65 Å². The number of carbonyl (C=O) groups excluding carboxylic acids is 1. The van der Waals surface area contributed by atoms with Crippen LogP contribution in [-0.2, 0) is 23.0 Å². The van der Waals surface area contributed by atoms with E-state index in [0.29, 0.717) is 27.8 Å². The summed E-state index contributed by atoms with van der Waals surface area (Å²) in [6, 6.07) is 9.51. The zero-order chi connectivity index (χ0) is 21.8. The second-order valence-corrected chi connectivity index (χ2v) is 9.62. The van der Waals surface area contributed by atoms with Crippen LogP contribution < -0.4 is 0 Å². The maximum Gasteiger partial charge on any atom is 0.416 e. The van der Waals surface area contributed by atoms with Crippen molar-refractivity contribution in [3.8, 4) is 5.69 Å². The molecule has 0 aliphatic carbocycles. The number of carbonyl (C=O) groups is 1. The molecule has 156 valence electrons. The van der Waals surface area contributed by atoms with Gasteiger partial charge in [-0.1, -0.05) is 5.21 Å². The minimum absolute atomic E-state index is 0.232. The van der Waals surface area contributed by atoms with Crippen LogP contribution in [0.4, 0.5) is 13.2 Å². The first kappa shape index (κ1) is 20.1. The van der Waals surface area contributed by atoms with E-state index in [1.165, 1.54) is 35.4 Å². The normalized spacial score (nSPS) is 12.6. The van der Waals surface area contributed by atoms with E-state index in [2.05, 4.69) is 14.7 Å². The molecule has 4 aromatic rings. The maximum atomic E-state index is 12.9. The number of aryl methyl sites for hydroxylation is 1. The molecule has 7 nitrogen and oxygen atoms in total. The van der Waals surface area contributed by atoms with Gasteiger partial charge in [-0.25, -0.2) is 8.89 Å². The average molecular weight is 435 g/mol. The van der Waals surface area contributed by atoms with Crippen LogP contribution in [0.2, 0.25) is 0 Å². The van der Waals surface area contributed by atoms with Crippen LogP contribution in [0.5, 0.6) is 0 Å². The summed E-state index contributed by atoms with van der Waals surface area (Å²) in [6.45, 7) is 0. The van der Waals surface area contributed by atoms with Gasteiger partial charge in [-0.3, -0.25) is 9.36 Å². The third-order valence-corrected chi connectivity index (χ3v) is 5.11. The largest absolute Gasteiger partial charge is 0.416 e. The molecule has 0 saturated carbocycles. The van der Waals surface area contributed by atoms with Gasteiger partial charge in [-0.15, -0.1) is 5.10 Å². The Bertz CT molecular complexity index is 1420. The third-order valence-electron chi connectivity index (χ3n) is 4.50. The summed E-state index contributed by atoms with van der Waals surface area (Å²) in [5, 5.41) is 8.71. The Balaban J connectivity index is 1.95. The van der Waals surface area contributed by atoms with Crippen molar-refractivity contribution in [2.45, 2.75) is 6.18 Å². The third kappa shape index (κ3) is 3.45. The smallest absolute Gasteiger partial charge is 0.293 e. The highest BCUT2D eigenvalue weighted by Crippen LogP contribution is 2.33. The van der Waals surface area contributed by atoms with Crippen LogP contribution >= 0.6 is 0 Å². The molecule has 0 radical (unpaired) electrons. The standard InChI is InChI=1S/C19H16F3N5O2S/c1-26-18-16(23-25-26)14-10-11(17(28)24-30(2,3)29)4-9-15(14)27(18)13-7-5-12(6-8-13)19(20,21)22/h4-10H,1-3H3. The summed E-state index contributed by atoms with van der Waals surface area (Å²) in [5.41, 5.74) is 1.64. The molecular weight excluding hydrogens is 419 g/mol. The molecule has 30 heavy (non-hydrogen) atoms. The van der Waals surface area contributed by atoms with Crippen LogP contribution in [0.1, 0.15) is 15.9 Å². The van der Waals surface area contributed by atoms with E-state index >= 15 is 0 Å². The SMILES string of the molecule is Cn1nnc2c3cc(C(=O)N=S(C)(C)=O)ccc3n(-c3ccc(C(F)(F)F)cc3)c21. The number of fused-ring (bicyclic) bond motifs is 3. The number of rotatable bonds is 2. The second-order valence-electron chi connectivity index (χ2n) is 7.07. The predicted molar refractivity (Wildman–Crippen MR) is 107 cm³/mol. The van der Waals surface area contributed by atoms with Gasteiger partial charge in [0.1, 0.15) is 5.52 Å². The lowest BCUT2D eigenvalue weighted by atomic mass is 10.1. The number of nitrogens with zero attached hydrogens (tertiary/aromatic N) is 5. The van der Waals surface area contributed by atoms with Crippen molar-refractivity contribution >= 4 is 37.7 Å². The van der Waals surface area contributed by atoms with Gasteiger partial charge in [0.05, 0.1) is 11.1 Å². The van der Waals surface area contributed by atoms with E-state index in [1.807, 2.05) is 0 Å². The van der Waals surface area contributed by atoms with Gasteiger partial charge in [0.25, 0.3) is 5.91 Å². The van der Waals surface area contributed by atoms with E-state index in [4.69, 9.17) is 0 Å². The fourth-order valence-electron chi connectivity index (χ4n) is 3.26. The molecule has 0 N–H and O–H groups in total. The molecule has 0 atom stereocenters. The molecule has 2 heterocycles. The molecule has 0 fully saturated rings. The van der Waals surface area contributed by atoms with E-state index < -0.39 is 27.4 Å². The molecule has 0 spiro atoms. The summed E-state index contributed by atoms with van der Waals surface area (Å²) in [6.07, 6.45) is -1.70. The van der Waals surface area contributed by atoms with Gasteiger partial charge in [0, 0.05) is 45.9 Å². The number of hydrogen-bond acceptors (Lipinski definition) is 4. The average Bonchev–Trinajstić information content (AvgIpc) is 3.17. The Kier molecular flexibility index (Phi) is 4.46. The van der Waals surface area contributed by atoms with Crippen LogP contribution in [0, 0.1) is 0 Å². The second kappa shape index (κ2) is 6.66. The molecule has 1 amide bonds. The molecule has 0 saturated heterocycles. The summed E-state index contributed by atoms with van der Waals surface area (Å²) in [7, 11) is -0.955. The van der Waals surface area contributed by atoms with Crippen LogP contribution in [0.15, 0.2) is 46.8 Å². The first-order valence-electron chi connectivity index (χ1n) is 8.69. The van der Waals surface area contributed by atoms with Crippen molar-refractivity contribution in [3.63, 3.8) is 0 Å². The molecule has 4 rings (SSSR count). The molecule has 2 aromatic carbocycles. The number of benzene rings is 2.